The third-order valence-corrected chi connectivity index (χ3v) is 5.83. The van der Waals surface area contributed by atoms with Gasteiger partial charge in [0.2, 0.25) is 0 Å². The number of hydrogen-bond acceptors (Lipinski definition) is 5. The largest absolute Gasteiger partial charge is 0.495 e. The SMILES string of the molecule is CCOC(=O)C(CC1(C)CC1)n1cc(OC)c(-c2cc(Cl)ccc2C(C)=O)cc1=O. The van der Waals surface area contributed by atoms with Gasteiger partial charge in [-0.05, 0) is 62.3 Å². The molecule has 0 aliphatic heterocycles. The maximum atomic E-state index is 13.1. The number of ether oxygens (including phenoxy) is 2. The van der Waals surface area contributed by atoms with Gasteiger partial charge in [-0.15, -0.1) is 0 Å². The number of pyridine rings is 1. The van der Waals surface area contributed by atoms with Gasteiger partial charge in [0, 0.05) is 22.2 Å². The summed E-state index contributed by atoms with van der Waals surface area (Å²) < 4.78 is 12.2. The minimum absolute atomic E-state index is 0.0253. The average Bonchev–Trinajstić information content (AvgIpc) is 3.43. The Bertz CT molecular complexity index is 1040. The van der Waals surface area contributed by atoms with Gasteiger partial charge in [-0.25, -0.2) is 4.79 Å². The predicted molar refractivity (Wildman–Crippen MR) is 115 cm³/mol. The van der Waals surface area contributed by atoms with Crippen molar-refractivity contribution in [2.24, 2.45) is 5.41 Å². The van der Waals surface area contributed by atoms with Crippen molar-refractivity contribution >= 4 is 23.4 Å². The lowest BCUT2D eigenvalue weighted by Gasteiger charge is -2.23. The number of nitrogens with zero attached hydrogens (tertiary/aromatic N) is 1. The van der Waals surface area contributed by atoms with Gasteiger partial charge in [-0.1, -0.05) is 18.5 Å². The quantitative estimate of drug-likeness (QED) is 0.448. The van der Waals surface area contributed by atoms with Crippen molar-refractivity contribution in [3.05, 3.63) is 51.4 Å². The molecule has 0 bridgehead atoms. The zero-order valence-electron chi connectivity index (χ0n) is 17.7. The number of esters is 1. The molecule has 1 saturated carbocycles. The number of carbonyl (C=O) groups excluding carboxylic acids is 2. The van der Waals surface area contributed by atoms with Gasteiger partial charge in [0.1, 0.15) is 11.8 Å². The smallest absolute Gasteiger partial charge is 0.329 e. The van der Waals surface area contributed by atoms with Crippen molar-refractivity contribution in [1.29, 1.82) is 0 Å². The Hall–Kier alpha value is -2.60. The molecule has 6 nitrogen and oxygen atoms in total. The van der Waals surface area contributed by atoms with E-state index in [0.29, 0.717) is 33.9 Å². The zero-order valence-corrected chi connectivity index (χ0v) is 18.4. The van der Waals surface area contributed by atoms with Gasteiger partial charge in [-0.2, -0.15) is 0 Å². The fraction of sp³-hybridized carbons (Fsp3) is 0.435. The van der Waals surface area contributed by atoms with Gasteiger partial charge >= 0.3 is 5.97 Å². The first-order valence-electron chi connectivity index (χ1n) is 9.97. The van der Waals surface area contributed by atoms with E-state index < -0.39 is 12.0 Å². The Morgan fingerprint density at radius 3 is 2.50 bits per heavy atom. The summed E-state index contributed by atoms with van der Waals surface area (Å²) in [6.45, 7) is 5.53. The number of Topliss-reactive ketones (excluding diaryl/α,β-unsaturated/α-hetero) is 1. The van der Waals surface area contributed by atoms with Gasteiger partial charge in [0.05, 0.1) is 19.9 Å². The lowest BCUT2D eigenvalue weighted by Crippen LogP contribution is -2.32. The molecule has 0 radical (unpaired) electrons. The highest BCUT2D eigenvalue weighted by atomic mass is 35.5. The molecule has 1 unspecified atom stereocenters. The van der Waals surface area contributed by atoms with Crippen molar-refractivity contribution in [2.75, 3.05) is 13.7 Å². The van der Waals surface area contributed by atoms with Crippen LogP contribution < -0.4 is 10.3 Å². The summed E-state index contributed by atoms with van der Waals surface area (Å²) in [7, 11) is 1.48. The number of hydrogen-bond donors (Lipinski definition) is 0. The Balaban J connectivity index is 2.14. The number of halogens is 1. The van der Waals surface area contributed by atoms with E-state index >= 15 is 0 Å². The van der Waals surface area contributed by atoms with E-state index in [4.69, 9.17) is 21.1 Å². The summed E-state index contributed by atoms with van der Waals surface area (Å²) in [5.74, 6) is -0.219. The Kier molecular flexibility index (Phi) is 6.36. The monoisotopic (exact) mass is 431 g/mol. The Morgan fingerprint density at radius 1 is 1.23 bits per heavy atom. The molecule has 0 spiro atoms. The summed E-state index contributed by atoms with van der Waals surface area (Å²) in [5.41, 5.74) is 1.05. The zero-order chi connectivity index (χ0) is 22.1. The van der Waals surface area contributed by atoms with Gasteiger partial charge in [0.15, 0.2) is 5.78 Å². The molecular formula is C23H26ClNO5. The number of aromatic nitrogens is 1. The van der Waals surface area contributed by atoms with Gasteiger partial charge in [0.25, 0.3) is 5.56 Å². The molecule has 0 saturated heterocycles. The van der Waals surface area contributed by atoms with Gasteiger partial charge < -0.3 is 9.47 Å². The van der Waals surface area contributed by atoms with E-state index in [0.717, 1.165) is 12.8 Å². The highest BCUT2D eigenvalue weighted by Gasteiger charge is 2.42. The summed E-state index contributed by atoms with van der Waals surface area (Å²) in [4.78, 5) is 37.9. The summed E-state index contributed by atoms with van der Waals surface area (Å²) in [6, 6.07) is 5.54. The first kappa shape index (κ1) is 22.1. The third kappa shape index (κ3) is 4.59. The summed E-state index contributed by atoms with van der Waals surface area (Å²) in [6.07, 6.45) is 4.06. The first-order chi connectivity index (χ1) is 14.2. The fourth-order valence-electron chi connectivity index (χ4n) is 3.61. The Labute approximate surface area is 180 Å². The van der Waals surface area contributed by atoms with Crippen molar-refractivity contribution < 1.29 is 19.1 Å². The van der Waals surface area contributed by atoms with Crippen molar-refractivity contribution in [1.82, 2.24) is 4.57 Å². The van der Waals surface area contributed by atoms with Crippen LogP contribution in [0.4, 0.5) is 0 Å². The van der Waals surface area contributed by atoms with E-state index in [-0.39, 0.29) is 23.4 Å². The van der Waals surface area contributed by atoms with Crippen LogP contribution in [0.3, 0.4) is 0 Å². The summed E-state index contributed by atoms with van der Waals surface area (Å²) >= 11 is 6.15. The molecule has 1 fully saturated rings. The van der Waals surface area contributed by atoms with Crippen LogP contribution in [0.15, 0.2) is 35.3 Å². The lowest BCUT2D eigenvalue weighted by atomic mass is 9.96. The van der Waals surface area contributed by atoms with Crippen molar-refractivity contribution in [2.45, 2.75) is 46.1 Å². The van der Waals surface area contributed by atoms with Crippen LogP contribution in [0.2, 0.25) is 5.02 Å². The molecule has 1 aromatic carbocycles. The molecule has 1 atom stereocenters. The number of carbonyl (C=O) groups is 2. The molecule has 3 rings (SSSR count). The second-order valence-electron chi connectivity index (χ2n) is 8.03. The normalized spacial score (nSPS) is 15.4. The number of ketones is 1. The van der Waals surface area contributed by atoms with Crippen LogP contribution >= 0.6 is 11.6 Å². The lowest BCUT2D eigenvalue weighted by molar-refractivity contribution is -0.148. The molecule has 1 aliphatic rings. The van der Waals surface area contributed by atoms with Crippen LogP contribution in [0, 0.1) is 5.41 Å². The van der Waals surface area contributed by atoms with E-state index in [1.165, 1.54) is 30.9 Å². The van der Waals surface area contributed by atoms with Crippen LogP contribution in [-0.2, 0) is 9.53 Å². The Morgan fingerprint density at radius 2 is 1.93 bits per heavy atom. The number of benzene rings is 1. The number of methoxy groups -OCH3 is 1. The molecule has 0 amide bonds. The van der Waals surface area contributed by atoms with E-state index in [1.54, 1.807) is 25.1 Å². The average molecular weight is 432 g/mol. The molecule has 1 heterocycles. The molecule has 2 aromatic rings. The van der Waals surface area contributed by atoms with Crippen LogP contribution in [0.25, 0.3) is 11.1 Å². The molecule has 0 N–H and O–H groups in total. The van der Waals surface area contributed by atoms with E-state index in [9.17, 15) is 14.4 Å². The fourth-order valence-corrected chi connectivity index (χ4v) is 3.78. The minimum atomic E-state index is -0.737. The molecule has 30 heavy (non-hydrogen) atoms. The van der Waals surface area contributed by atoms with Crippen LogP contribution in [0.1, 0.15) is 56.4 Å². The molecule has 1 aromatic heterocycles. The standard InChI is InChI=1S/C23H26ClNO5/c1-5-30-22(28)19(12-23(3)8-9-23)25-13-20(29-4)18(11-21(25)27)17-10-15(24)6-7-16(17)14(2)26/h6-7,10-11,13,19H,5,8-9,12H2,1-4H3. The van der Waals surface area contributed by atoms with Crippen molar-refractivity contribution in [3.8, 4) is 16.9 Å². The molecule has 7 heteroatoms. The van der Waals surface area contributed by atoms with E-state index in [1.807, 2.05) is 0 Å². The van der Waals surface area contributed by atoms with Crippen LogP contribution in [0.5, 0.6) is 5.75 Å². The highest BCUT2D eigenvalue weighted by Crippen LogP contribution is 2.51. The molecule has 1 aliphatic carbocycles. The third-order valence-electron chi connectivity index (χ3n) is 5.60. The van der Waals surface area contributed by atoms with Gasteiger partial charge in [-0.3, -0.25) is 14.2 Å². The molecule has 160 valence electrons. The summed E-state index contributed by atoms with van der Waals surface area (Å²) in [5, 5.41) is 0.437. The minimum Gasteiger partial charge on any atom is -0.495 e. The maximum Gasteiger partial charge on any atom is 0.329 e. The predicted octanol–water partition coefficient (Wildman–Crippen LogP) is 4.67. The molecular weight excluding hydrogens is 406 g/mol. The van der Waals surface area contributed by atoms with Crippen LogP contribution in [-0.4, -0.2) is 30.0 Å². The highest BCUT2D eigenvalue weighted by molar-refractivity contribution is 6.31. The van der Waals surface area contributed by atoms with Crippen molar-refractivity contribution in [3.63, 3.8) is 0 Å². The second kappa shape index (κ2) is 8.64. The number of rotatable bonds is 8. The van der Waals surface area contributed by atoms with E-state index in [2.05, 4.69) is 6.92 Å². The topological polar surface area (TPSA) is 74.6 Å². The maximum absolute atomic E-state index is 13.1. The first-order valence-corrected chi connectivity index (χ1v) is 10.3. The second-order valence-corrected chi connectivity index (χ2v) is 8.47.